The Morgan fingerprint density at radius 3 is 2.79 bits per heavy atom. The van der Waals surface area contributed by atoms with Crippen LogP contribution in [0.15, 0.2) is 24.3 Å². The van der Waals surface area contributed by atoms with Crippen LogP contribution in [0.5, 0.6) is 0 Å². The molecule has 1 atom stereocenters. The minimum Gasteiger partial charge on any atom is -0.351 e. The van der Waals surface area contributed by atoms with Gasteiger partial charge in [0.15, 0.2) is 20.4 Å². The van der Waals surface area contributed by atoms with Gasteiger partial charge in [-0.05, 0) is 37.8 Å². The van der Waals surface area contributed by atoms with Crippen LogP contribution in [-0.4, -0.2) is 64.7 Å². The van der Waals surface area contributed by atoms with Crippen LogP contribution >= 0.6 is 12.2 Å². The monoisotopic (exact) mass is 427 g/mol. The molecular formula is C17H22FN5O3S2. The lowest BCUT2D eigenvalue weighted by atomic mass is 10.2. The maximum Gasteiger partial charge on any atom is 0.234 e. The van der Waals surface area contributed by atoms with Crippen LogP contribution < -0.4 is 5.32 Å². The molecule has 1 aliphatic heterocycles. The average molecular weight is 428 g/mol. The largest absolute Gasteiger partial charge is 0.351 e. The van der Waals surface area contributed by atoms with Gasteiger partial charge in [0.05, 0.1) is 30.3 Å². The number of carbonyl (C=O) groups excluding carboxylic acids is 1. The van der Waals surface area contributed by atoms with Crippen molar-refractivity contribution in [2.45, 2.75) is 19.1 Å². The summed E-state index contributed by atoms with van der Waals surface area (Å²) in [5.74, 6) is -0.161. The lowest BCUT2D eigenvalue weighted by Crippen LogP contribution is -2.42. The van der Waals surface area contributed by atoms with Crippen LogP contribution in [0.25, 0.3) is 11.4 Å². The average Bonchev–Trinajstić information content (AvgIpc) is 3.08. The summed E-state index contributed by atoms with van der Waals surface area (Å²) in [6.45, 7) is 0.293. The van der Waals surface area contributed by atoms with E-state index in [0.29, 0.717) is 22.6 Å². The van der Waals surface area contributed by atoms with E-state index in [1.54, 1.807) is 41.8 Å². The predicted octanol–water partition coefficient (Wildman–Crippen LogP) is 0.950. The Bertz CT molecular complexity index is 1050. The van der Waals surface area contributed by atoms with E-state index in [1.165, 1.54) is 10.7 Å². The van der Waals surface area contributed by atoms with Gasteiger partial charge in [-0.3, -0.25) is 9.69 Å². The molecule has 1 aliphatic rings. The second-order valence-corrected chi connectivity index (χ2v) is 9.56. The molecule has 1 fully saturated rings. The Morgan fingerprint density at radius 1 is 1.43 bits per heavy atom. The Hall–Kier alpha value is -2.11. The molecule has 1 amide bonds. The van der Waals surface area contributed by atoms with E-state index in [-0.39, 0.29) is 36.7 Å². The lowest BCUT2D eigenvalue weighted by Gasteiger charge is -2.17. The number of likely N-dealkylation sites (N-methyl/N-ethyl adjacent to an activating group) is 1. The van der Waals surface area contributed by atoms with Gasteiger partial charge in [0, 0.05) is 13.1 Å². The van der Waals surface area contributed by atoms with Crippen molar-refractivity contribution in [3.05, 3.63) is 34.9 Å². The molecular weight excluding hydrogens is 405 g/mol. The summed E-state index contributed by atoms with van der Waals surface area (Å²) in [5, 5.41) is 7.14. The first-order chi connectivity index (χ1) is 13.2. The summed E-state index contributed by atoms with van der Waals surface area (Å²) in [5.41, 5.74) is 0.345. The van der Waals surface area contributed by atoms with Crippen molar-refractivity contribution in [3.8, 4) is 11.4 Å². The van der Waals surface area contributed by atoms with Gasteiger partial charge >= 0.3 is 0 Å². The number of benzene rings is 1. The number of aromatic nitrogens is 3. The molecule has 1 aromatic heterocycles. The molecule has 1 N–H and O–H groups in total. The summed E-state index contributed by atoms with van der Waals surface area (Å²) in [4.78, 5) is 13.9. The number of sulfone groups is 1. The Balaban J connectivity index is 1.65. The molecule has 28 heavy (non-hydrogen) atoms. The highest BCUT2D eigenvalue weighted by molar-refractivity contribution is 7.91. The van der Waals surface area contributed by atoms with Gasteiger partial charge in [-0.25, -0.2) is 17.5 Å². The normalized spacial score (nSPS) is 18.5. The molecule has 1 unspecified atom stereocenters. The summed E-state index contributed by atoms with van der Waals surface area (Å²) < 4.78 is 40.6. The number of nitrogens with one attached hydrogen (secondary N) is 1. The van der Waals surface area contributed by atoms with Crippen molar-refractivity contribution in [1.82, 2.24) is 24.6 Å². The van der Waals surface area contributed by atoms with Crippen molar-refractivity contribution in [1.29, 1.82) is 0 Å². The van der Waals surface area contributed by atoms with Gasteiger partial charge in [0.1, 0.15) is 5.82 Å². The molecule has 8 nitrogen and oxygen atoms in total. The minimum atomic E-state index is -3.05. The zero-order valence-corrected chi connectivity index (χ0v) is 17.3. The van der Waals surface area contributed by atoms with Crippen LogP contribution in [0.2, 0.25) is 0 Å². The standard InChI is InChI=1S/C17H22FN5O3S2/c1-21(9-15(24)19-12-7-8-28(25,26)10-12)11-23-17(27)22(2)16(20-23)13-5-3-4-6-14(13)18/h3-6,12H,7-11H2,1-2H3,(H,19,24). The molecule has 11 heteroatoms. The fraction of sp³-hybridized carbons (Fsp3) is 0.471. The number of nitrogens with zero attached hydrogens (tertiary/aromatic N) is 4. The quantitative estimate of drug-likeness (QED) is 0.691. The molecule has 1 aromatic carbocycles. The van der Waals surface area contributed by atoms with Crippen LogP contribution in [0, 0.1) is 10.6 Å². The number of halogens is 1. The van der Waals surface area contributed by atoms with Crippen molar-refractivity contribution >= 4 is 28.0 Å². The van der Waals surface area contributed by atoms with Gasteiger partial charge in [0.2, 0.25) is 5.91 Å². The summed E-state index contributed by atoms with van der Waals surface area (Å²) in [6, 6.07) is 5.98. The van der Waals surface area contributed by atoms with Crippen molar-refractivity contribution in [3.63, 3.8) is 0 Å². The summed E-state index contributed by atoms with van der Waals surface area (Å²) >= 11 is 5.38. The molecule has 0 radical (unpaired) electrons. The van der Waals surface area contributed by atoms with E-state index in [9.17, 15) is 17.6 Å². The SMILES string of the molecule is CN(CC(=O)NC1CCS(=O)(=O)C1)Cn1nc(-c2ccccc2F)n(C)c1=S. The molecule has 2 heterocycles. The number of carbonyl (C=O) groups is 1. The topological polar surface area (TPSA) is 89.2 Å². The first kappa shape index (κ1) is 20.6. The van der Waals surface area contributed by atoms with Gasteiger partial charge in [-0.2, -0.15) is 5.10 Å². The lowest BCUT2D eigenvalue weighted by molar-refractivity contribution is -0.122. The highest BCUT2D eigenvalue weighted by Crippen LogP contribution is 2.20. The number of hydrogen-bond donors (Lipinski definition) is 1. The van der Waals surface area contributed by atoms with E-state index in [2.05, 4.69) is 10.4 Å². The Kier molecular flexibility index (Phi) is 5.96. The molecule has 0 saturated carbocycles. The Morgan fingerprint density at radius 2 is 2.14 bits per heavy atom. The maximum absolute atomic E-state index is 14.1. The third-order valence-electron chi connectivity index (χ3n) is 4.54. The Labute approximate surface area is 167 Å². The van der Waals surface area contributed by atoms with E-state index in [1.807, 2.05) is 0 Å². The zero-order valence-electron chi connectivity index (χ0n) is 15.6. The molecule has 3 rings (SSSR count). The smallest absolute Gasteiger partial charge is 0.234 e. The van der Waals surface area contributed by atoms with Crippen molar-refractivity contribution in [2.24, 2.45) is 7.05 Å². The molecule has 0 spiro atoms. The molecule has 0 aliphatic carbocycles. The van der Waals surface area contributed by atoms with Gasteiger partial charge in [0.25, 0.3) is 0 Å². The van der Waals surface area contributed by atoms with Gasteiger partial charge < -0.3 is 9.88 Å². The number of hydrogen-bond acceptors (Lipinski definition) is 6. The van der Waals surface area contributed by atoms with Gasteiger partial charge in [-0.15, -0.1) is 0 Å². The molecule has 2 aromatic rings. The van der Waals surface area contributed by atoms with E-state index in [0.717, 1.165) is 0 Å². The van der Waals surface area contributed by atoms with E-state index in [4.69, 9.17) is 12.2 Å². The number of amides is 1. The van der Waals surface area contributed by atoms with Crippen LogP contribution in [0.1, 0.15) is 6.42 Å². The maximum atomic E-state index is 14.1. The van der Waals surface area contributed by atoms with Crippen molar-refractivity contribution < 1.29 is 17.6 Å². The predicted molar refractivity (Wildman–Crippen MR) is 105 cm³/mol. The summed E-state index contributed by atoms with van der Waals surface area (Å²) in [6.07, 6.45) is 0.440. The van der Waals surface area contributed by atoms with Crippen LogP contribution in [0.4, 0.5) is 4.39 Å². The van der Waals surface area contributed by atoms with Crippen LogP contribution in [-0.2, 0) is 28.3 Å². The molecule has 0 bridgehead atoms. The van der Waals surface area contributed by atoms with E-state index < -0.39 is 15.7 Å². The third kappa shape index (κ3) is 4.65. The highest BCUT2D eigenvalue weighted by atomic mass is 32.2. The third-order valence-corrected chi connectivity index (χ3v) is 6.79. The fourth-order valence-electron chi connectivity index (χ4n) is 3.16. The first-order valence-electron chi connectivity index (χ1n) is 8.73. The zero-order chi connectivity index (χ0) is 20.5. The molecule has 152 valence electrons. The second kappa shape index (κ2) is 8.10. The summed E-state index contributed by atoms with van der Waals surface area (Å²) in [7, 11) is 0.390. The first-order valence-corrected chi connectivity index (χ1v) is 11.0. The highest BCUT2D eigenvalue weighted by Gasteiger charge is 2.29. The van der Waals surface area contributed by atoms with E-state index >= 15 is 0 Å². The second-order valence-electron chi connectivity index (χ2n) is 6.97. The minimum absolute atomic E-state index is 0.0141. The number of rotatable bonds is 6. The van der Waals surface area contributed by atoms with Crippen LogP contribution in [0.3, 0.4) is 0 Å². The van der Waals surface area contributed by atoms with Gasteiger partial charge in [-0.1, -0.05) is 12.1 Å². The fourth-order valence-corrected chi connectivity index (χ4v) is 5.02. The van der Waals surface area contributed by atoms with Crippen molar-refractivity contribution in [2.75, 3.05) is 25.1 Å². The molecule has 1 saturated heterocycles.